The Hall–Kier alpha value is -3.16. The number of halogens is 3. The molecule has 0 aromatic heterocycles. The maximum atomic E-state index is 12.7. The number of benzene rings is 2. The number of likely N-dealkylation sites (tertiary alicyclic amines) is 1. The van der Waals surface area contributed by atoms with Crippen LogP contribution in [0.1, 0.15) is 34.3 Å². The van der Waals surface area contributed by atoms with E-state index in [0.717, 1.165) is 17.0 Å². The van der Waals surface area contributed by atoms with Crippen LogP contribution in [-0.2, 0) is 22.3 Å². The van der Waals surface area contributed by atoms with Crippen molar-refractivity contribution in [3.8, 4) is 0 Å². The molecule has 3 amide bonds. The molecule has 3 rings (SSSR count). The van der Waals surface area contributed by atoms with Gasteiger partial charge in [0.2, 0.25) is 11.8 Å². The van der Waals surface area contributed by atoms with Gasteiger partial charge in [-0.1, -0.05) is 18.2 Å². The molecule has 0 spiro atoms. The molecule has 2 aromatic carbocycles. The van der Waals surface area contributed by atoms with Crippen molar-refractivity contribution in [3.05, 3.63) is 65.2 Å². The molecule has 0 saturated carbocycles. The zero-order chi connectivity index (χ0) is 19.6. The molecule has 1 heterocycles. The van der Waals surface area contributed by atoms with E-state index < -0.39 is 17.6 Å². The Balaban J connectivity index is 1.67. The van der Waals surface area contributed by atoms with Crippen molar-refractivity contribution in [1.29, 1.82) is 0 Å². The SMILES string of the molecule is O=C(Nc1cccc(C(F)(F)F)c1)c1ccc(CN2C(=O)CCC2=O)cc1. The van der Waals surface area contributed by atoms with Crippen LogP contribution in [0.25, 0.3) is 0 Å². The minimum absolute atomic E-state index is 0.0344. The highest BCUT2D eigenvalue weighted by atomic mass is 19.4. The van der Waals surface area contributed by atoms with Gasteiger partial charge in [-0.25, -0.2) is 0 Å². The molecule has 0 aliphatic carbocycles. The Labute approximate surface area is 152 Å². The highest BCUT2D eigenvalue weighted by Gasteiger charge is 2.30. The molecule has 5 nitrogen and oxygen atoms in total. The lowest BCUT2D eigenvalue weighted by Crippen LogP contribution is -2.28. The second kappa shape index (κ2) is 7.22. The number of anilines is 1. The molecule has 0 radical (unpaired) electrons. The van der Waals surface area contributed by atoms with Crippen LogP contribution in [0.3, 0.4) is 0 Å². The fraction of sp³-hybridized carbons (Fsp3) is 0.211. The summed E-state index contributed by atoms with van der Waals surface area (Å²) in [5.41, 5.74) is 0.104. The highest BCUT2D eigenvalue weighted by molar-refractivity contribution is 6.04. The fourth-order valence-electron chi connectivity index (χ4n) is 2.72. The fourth-order valence-corrected chi connectivity index (χ4v) is 2.72. The monoisotopic (exact) mass is 376 g/mol. The van der Waals surface area contributed by atoms with Crippen molar-refractivity contribution in [2.24, 2.45) is 0 Å². The maximum Gasteiger partial charge on any atom is 0.416 e. The molecule has 8 heteroatoms. The van der Waals surface area contributed by atoms with Gasteiger partial charge in [-0.3, -0.25) is 19.3 Å². The zero-order valence-corrected chi connectivity index (χ0v) is 14.0. The minimum atomic E-state index is -4.49. The number of imide groups is 1. The van der Waals surface area contributed by atoms with Crippen LogP contribution in [-0.4, -0.2) is 22.6 Å². The molecule has 1 aliphatic rings. The number of carbonyl (C=O) groups is 3. The van der Waals surface area contributed by atoms with E-state index in [1.165, 1.54) is 24.3 Å². The van der Waals surface area contributed by atoms with E-state index in [0.29, 0.717) is 5.56 Å². The predicted octanol–water partition coefficient (Wildman–Crippen LogP) is 3.61. The van der Waals surface area contributed by atoms with Gasteiger partial charge >= 0.3 is 6.18 Å². The van der Waals surface area contributed by atoms with Gasteiger partial charge in [0, 0.05) is 24.1 Å². The van der Waals surface area contributed by atoms with E-state index in [2.05, 4.69) is 5.32 Å². The molecule has 0 bridgehead atoms. The number of rotatable bonds is 4. The number of hydrogen-bond acceptors (Lipinski definition) is 3. The number of amides is 3. The predicted molar refractivity (Wildman–Crippen MR) is 90.6 cm³/mol. The van der Waals surface area contributed by atoms with Crippen molar-refractivity contribution in [3.63, 3.8) is 0 Å². The van der Waals surface area contributed by atoms with Gasteiger partial charge in [-0.15, -0.1) is 0 Å². The summed E-state index contributed by atoms with van der Waals surface area (Å²) in [6.45, 7) is 0.132. The Morgan fingerprint density at radius 2 is 1.63 bits per heavy atom. The average Bonchev–Trinajstić information content (AvgIpc) is 2.94. The third kappa shape index (κ3) is 4.33. The van der Waals surface area contributed by atoms with Crippen LogP contribution in [0.5, 0.6) is 0 Å². The third-order valence-electron chi connectivity index (χ3n) is 4.16. The topological polar surface area (TPSA) is 66.5 Å². The molecule has 1 fully saturated rings. The Kier molecular flexibility index (Phi) is 4.98. The molecular formula is C19H15F3N2O3. The molecule has 1 N–H and O–H groups in total. The number of nitrogens with one attached hydrogen (secondary N) is 1. The van der Waals surface area contributed by atoms with E-state index in [1.54, 1.807) is 12.1 Å². The first-order chi connectivity index (χ1) is 12.7. The van der Waals surface area contributed by atoms with Gasteiger partial charge in [0.25, 0.3) is 5.91 Å². The van der Waals surface area contributed by atoms with Crippen LogP contribution < -0.4 is 5.32 Å². The number of carbonyl (C=O) groups excluding carboxylic acids is 3. The summed E-state index contributed by atoms with van der Waals surface area (Å²) in [7, 11) is 0. The van der Waals surface area contributed by atoms with Crippen LogP contribution in [0.15, 0.2) is 48.5 Å². The van der Waals surface area contributed by atoms with Crippen molar-refractivity contribution < 1.29 is 27.6 Å². The van der Waals surface area contributed by atoms with Crippen LogP contribution >= 0.6 is 0 Å². The number of nitrogens with zero attached hydrogens (tertiary/aromatic N) is 1. The third-order valence-corrected chi connectivity index (χ3v) is 4.16. The van der Waals surface area contributed by atoms with Gasteiger partial charge in [0.1, 0.15) is 0 Å². The standard InChI is InChI=1S/C19H15F3N2O3/c20-19(21,22)14-2-1-3-15(10-14)23-18(27)13-6-4-12(5-7-13)11-24-16(25)8-9-17(24)26/h1-7,10H,8-9,11H2,(H,23,27). The van der Waals surface area contributed by atoms with E-state index in [4.69, 9.17) is 0 Å². The van der Waals surface area contributed by atoms with Crippen molar-refractivity contribution in [2.45, 2.75) is 25.6 Å². The number of hydrogen-bond donors (Lipinski definition) is 1. The second-order valence-electron chi connectivity index (χ2n) is 6.10. The van der Waals surface area contributed by atoms with Gasteiger partial charge < -0.3 is 5.32 Å². The lowest BCUT2D eigenvalue weighted by molar-refractivity contribution is -0.139. The maximum absolute atomic E-state index is 12.7. The Bertz CT molecular complexity index is 876. The average molecular weight is 376 g/mol. The van der Waals surface area contributed by atoms with E-state index in [1.807, 2.05) is 0 Å². The van der Waals surface area contributed by atoms with Crippen LogP contribution in [0, 0.1) is 0 Å². The second-order valence-corrected chi connectivity index (χ2v) is 6.10. The summed E-state index contributed by atoms with van der Waals surface area (Å²) in [5, 5.41) is 2.42. The highest BCUT2D eigenvalue weighted by Crippen LogP contribution is 2.30. The molecule has 1 saturated heterocycles. The lowest BCUT2D eigenvalue weighted by Gasteiger charge is -2.14. The van der Waals surface area contributed by atoms with Gasteiger partial charge in [-0.05, 0) is 35.9 Å². The summed E-state index contributed by atoms with van der Waals surface area (Å²) in [4.78, 5) is 36.6. The largest absolute Gasteiger partial charge is 0.416 e. The Morgan fingerprint density at radius 3 is 2.22 bits per heavy atom. The molecular weight excluding hydrogens is 361 g/mol. The molecule has 1 aliphatic heterocycles. The summed E-state index contributed by atoms with van der Waals surface area (Å²) < 4.78 is 38.2. The quantitative estimate of drug-likeness (QED) is 0.829. The van der Waals surface area contributed by atoms with Gasteiger partial charge in [-0.2, -0.15) is 13.2 Å². The first kappa shape index (κ1) is 18.6. The molecule has 2 aromatic rings. The summed E-state index contributed by atoms with van der Waals surface area (Å²) in [6.07, 6.45) is -4.08. The van der Waals surface area contributed by atoms with E-state index in [-0.39, 0.29) is 42.5 Å². The van der Waals surface area contributed by atoms with Crippen molar-refractivity contribution in [1.82, 2.24) is 4.90 Å². The van der Waals surface area contributed by atoms with Crippen molar-refractivity contribution >= 4 is 23.4 Å². The molecule has 0 unspecified atom stereocenters. The molecule has 27 heavy (non-hydrogen) atoms. The van der Waals surface area contributed by atoms with Crippen LogP contribution in [0.4, 0.5) is 18.9 Å². The zero-order valence-electron chi connectivity index (χ0n) is 14.0. The van der Waals surface area contributed by atoms with Gasteiger partial charge in [0.05, 0.1) is 12.1 Å². The molecule has 0 atom stereocenters. The summed E-state index contributed by atoms with van der Waals surface area (Å²) >= 11 is 0. The normalized spacial score (nSPS) is 14.6. The summed E-state index contributed by atoms with van der Waals surface area (Å²) in [6, 6.07) is 10.5. The lowest BCUT2D eigenvalue weighted by atomic mass is 10.1. The smallest absolute Gasteiger partial charge is 0.322 e. The van der Waals surface area contributed by atoms with Crippen LogP contribution in [0.2, 0.25) is 0 Å². The summed E-state index contributed by atoms with van der Waals surface area (Å²) in [5.74, 6) is -1.02. The number of alkyl halides is 3. The van der Waals surface area contributed by atoms with E-state index >= 15 is 0 Å². The molecule has 140 valence electrons. The van der Waals surface area contributed by atoms with E-state index in [9.17, 15) is 27.6 Å². The van der Waals surface area contributed by atoms with Crippen molar-refractivity contribution in [2.75, 3.05) is 5.32 Å². The Morgan fingerprint density at radius 1 is 1.00 bits per heavy atom. The van der Waals surface area contributed by atoms with Gasteiger partial charge in [0.15, 0.2) is 0 Å². The minimum Gasteiger partial charge on any atom is -0.322 e. The first-order valence-corrected chi connectivity index (χ1v) is 8.15. The first-order valence-electron chi connectivity index (χ1n) is 8.15.